The maximum atomic E-state index is 11.3. The molecule has 1 N–H and O–H groups in total. The molecule has 0 aromatic rings. The largest absolute Gasteiger partial charge is 0.300 e. The minimum Gasteiger partial charge on any atom is -0.300 e. The van der Waals surface area contributed by atoms with E-state index in [1.807, 2.05) is 6.92 Å². The van der Waals surface area contributed by atoms with Crippen LogP contribution in [0.3, 0.4) is 0 Å². The van der Waals surface area contributed by atoms with Crippen LogP contribution in [0.25, 0.3) is 0 Å². The quantitative estimate of drug-likeness (QED) is 0.724. The van der Waals surface area contributed by atoms with Crippen molar-refractivity contribution in [3.63, 3.8) is 0 Å². The first-order valence-electron chi connectivity index (χ1n) is 4.40. The van der Waals surface area contributed by atoms with Crippen molar-refractivity contribution in [2.75, 3.05) is 5.75 Å². The molecule has 1 saturated carbocycles. The molecule has 0 radical (unpaired) electrons. The Bertz CT molecular complexity index is 299. The SMILES string of the molecule is CCCS(=O)(=O)NC1(C)CC(=O)C1. The van der Waals surface area contributed by atoms with Crippen LogP contribution < -0.4 is 4.72 Å². The Kier molecular flexibility index (Phi) is 2.77. The Balaban J connectivity index is 2.54. The second kappa shape index (κ2) is 3.38. The van der Waals surface area contributed by atoms with Crippen LogP contribution in [0.1, 0.15) is 33.1 Å². The Morgan fingerprint density at radius 2 is 2.00 bits per heavy atom. The van der Waals surface area contributed by atoms with Crippen LogP contribution in [0.5, 0.6) is 0 Å². The molecule has 1 aliphatic carbocycles. The van der Waals surface area contributed by atoms with E-state index in [-0.39, 0.29) is 11.5 Å². The zero-order valence-electron chi connectivity index (χ0n) is 7.96. The predicted octanol–water partition coefficient (Wildman–Crippen LogP) is 0.437. The topological polar surface area (TPSA) is 63.2 Å². The van der Waals surface area contributed by atoms with Gasteiger partial charge in [0.25, 0.3) is 0 Å². The van der Waals surface area contributed by atoms with Crippen molar-refractivity contribution in [3.05, 3.63) is 0 Å². The van der Waals surface area contributed by atoms with Crippen molar-refractivity contribution >= 4 is 15.8 Å². The summed E-state index contributed by atoms with van der Waals surface area (Å²) in [5.74, 6) is 0.262. The van der Waals surface area contributed by atoms with E-state index in [4.69, 9.17) is 0 Å². The predicted molar refractivity (Wildman–Crippen MR) is 49.9 cm³/mol. The number of nitrogens with one attached hydrogen (secondary N) is 1. The summed E-state index contributed by atoms with van der Waals surface area (Å²) < 4.78 is 25.2. The third-order valence-electron chi connectivity index (χ3n) is 2.05. The van der Waals surface area contributed by atoms with Crippen molar-refractivity contribution in [1.82, 2.24) is 4.72 Å². The molecule has 0 atom stereocenters. The summed E-state index contributed by atoms with van der Waals surface area (Å²) in [5.41, 5.74) is -0.509. The number of rotatable bonds is 4. The first-order valence-corrected chi connectivity index (χ1v) is 6.05. The van der Waals surface area contributed by atoms with Gasteiger partial charge in [-0.3, -0.25) is 4.79 Å². The van der Waals surface area contributed by atoms with Crippen LogP contribution >= 0.6 is 0 Å². The van der Waals surface area contributed by atoms with Crippen LogP contribution in [0, 0.1) is 0 Å². The second-order valence-electron chi connectivity index (χ2n) is 3.87. The van der Waals surface area contributed by atoms with Gasteiger partial charge in [-0.2, -0.15) is 0 Å². The fourth-order valence-corrected chi connectivity index (χ4v) is 3.12. The molecule has 0 spiro atoms. The highest BCUT2D eigenvalue weighted by Crippen LogP contribution is 2.28. The molecule has 1 aliphatic rings. The first-order chi connectivity index (χ1) is 5.87. The van der Waals surface area contributed by atoms with Crippen LogP contribution in [-0.2, 0) is 14.8 Å². The molecule has 0 unspecified atom stereocenters. The molecule has 0 saturated heterocycles. The van der Waals surface area contributed by atoms with Crippen molar-refractivity contribution in [2.45, 2.75) is 38.6 Å². The van der Waals surface area contributed by atoms with E-state index in [2.05, 4.69) is 4.72 Å². The van der Waals surface area contributed by atoms with Crippen molar-refractivity contribution in [2.24, 2.45) is 0 Å². The number of Topliss-reactive ketones (excluding diaryl/α,β-unsaturated/α-hetero) is 1. The molecule has 13 heavy (non-hydrogen) atoms. The van der Waals surface area contributed by atoms with Gasteiger partial charge in [-0.05, 0) is 13.3 Å². The van der Waals surface area contributed by atoms with E-state index in [0.717, 1.165) is 0 Å². The monoisotopic (exact) mass is 205 g/mol. The smallest absolute Gasteiger partial charge is 0.212 e. The molecule has 1 rings (SSSR count). The Morgan fingerprint density at radius 1 is 1.46 bits per heavy atom. The summed E-state index contributed by atoms with van der Waals surface area (Å²) in [7, 11) is -3.18. The third kappa shape index (κ3) is 2.77. The van der Waals surface area contributed by atoms with Gasteiger partial charge in [0, 0.05) is 18.4 Å². The molecule has 5 heteroatoms. The summed E-state index contributed by atoms with van der Waals surface area (Å²) in [6, 6.07) is 0. The normalized spacial score (nSPS) is 21.2. The van der Waals surface area contributed by atoms with Crippen LogP contribution in [0.15, 0.2) is 0 Å². The van der Waals surface area contributed by atoms with Crippen molar-refractivity contribution in [1.29, 1.82) is 0 Å². The minimum absolute atomic E-state index is 0.127. The van der Waals surface area contributed by atoms with Gasteiger partial charge in [0.2, 0.25) is 10.0 Å². The lowest BCUT2D eigenvalue weighted by Crippen LogP contribution is -2.55. The summed E-state index contributed by atoms with van der Waals surface area (Å²) >= 11 is 0. The summed E-state index contributed by atoms with van der Waals surface area (Å²) in [4.78, 5) is 10.7. The van der Waals surface area contributed by atoms with Gasteiger partial charge in [0.15, 0.2) is 0 Å². The van der Waals surface area contributed by atoms with Crippen molar-refractivity contribution in [3.8, 4) is 0 Å². The molecule has 0 aliphatic heterocycles. The van der Waals surface area contributed by atoms with Gasteiger partial charge in [-0.1, -0.05) is 6.92 Å². The Hall–Kier alpha value is -0.420. The van der Waals surface area contributed by atoms with E-state index in [1.54, 1.807) is 6.92 Å². The van der Waals surface area contributed by atoms with Crippen LogP contribution in [0.2, 0.25) is 0 Å². The highest BCUT2D eigenvalue weighted by molar-refractivity contribution is 7.89. The van der Waals surface area contributed by atoms with Gasteiger partial charge < -0.3 is 0 Å². The van der Waals surface area contributed by atoms with Crippen LogP contribution in [0.4, 0.5) is 0 Å². The molecule has 1 fully saturated rings. The van der Waals surface area contributed by atoms with Gasteiger partial charge in [0.1, 0.15) is 5.78 Å². The fourth-order valence-electron chi connectivity index (χ4n) is 1.59. The highest BCUT2D eigenvalue weighted by atomic mass is 32.2. The number of carbonyl (C=O) groups is 1. The number of carbonyl (C=O) groups excluding carboxylic acids is 1. The van der Waals surface area contributed by atoms with Gasteiger partial charge in [-0.15, -0.1) is 0 Å². The minimum atomic E-state index is -3.18. The summed E-state index contributed by atoms with van der Waals surface area (Å²) in [6.45, 7) is 3.58. The van der Waals surface area contributed by atoms with E-state index in [9.17, 15) is 13.2 Å². The molecular formula is C8H15NO3S. The third-order valence-corrected chi connectivity index (χ3v) is 3.80. The Labute approximate surface area is 78.8 Å². The molecule has 76 valence electrons. The molecular weight excluding hydrogens is 190 g/mol. The molecule has 4 nitrogen and oxygen atoms in total. The average Bonchev–Trinajstić information content (AvgIpc) is 1.80. The lowest BCUT2D eigenvalue weighted by Gasteiger charge is -2.37. The number of hydrogen-bond donors (Lipinski definition) is 1. The van der Waals surface area contributed by atoms with Gasteiger partial charge in [0.05, 0.1) is 5.75 Å². The molecule has 0 bridgehead atoms. The molecule has 0 aromatic heterocycles. The summed E-state index contributed by atoms with van der Waals surface area (Å²) in [6.07, 6.45) is 1.26. The van der Waals surface area contributed by atoms with E-state index in [1.165, 1.54) is 0 Å². The van der Waals surface area contributed by atoms with Crippen molar-refractivity contribution < 1.29 is 13.2 Å². The average molecular weight is 205 g/mol. The standard InChI is InChI=1S/C8H15NO3S/c1-3-4-13(11,12)9-8(2)5-7(10)6-8/h9H,3-6H2,1-2H3. The molecule has 0 amide bonds. The number of ketones is 1. The van der Waals surface area contributed by atoms with E-state index < -0.39 is 15.6 Å². The fraction of sp³-hybridized carbons (Fsp3) is 0.875. The number of hydrogen-bond acceptors (Lipinski definition) is 3. The highest BCUT2D eigenvalue weighted by Gasteiger charge is 2.41. The van der Waals surface area contributed by atoms with E-state index >= 15 is 0 Å². The lowest BCUT2D eigenvalue weighted by atomic mass is 9.78. The lowest BCUT2D eigenvalue weighted by molar-refractivity contribution is -0.127. The Morgan fingerprint density at radius 3 is 2.38 bits per heavy atom. The maximum absolute atomic E-state index is 11.3. The maximum Gasteiger partial charge on any atom is 0.212 e. The van der Waals surface area contributed by atoms with E-state index in [0.29, 0.717) is 19.3 Å². The number of sulfonamides is 1. The zero-order valence-corrected chi connectivity index (χ0v) is 8.78. The van der Waals surface area contributed by atoms with Crippen LogP contribution in [-0.4, -0.2) is 25.5 Å². The molecule has 0 heterocycles. The molecule has 0 aromatic carbocycles. The van der Waals surface area contributed by atoms with Gasteiger partial charge in [-0.25, -0.2) is 13.1 Å². The second-order valence-corrected chi connectivity index (χ2v) is 5.72. The zero-order chi connectivity index (χ0) is 10.1. The summed E-state index contributed by atoms with van der Waals surface area (Å²) in [5, 5.41) is 0. The first kappa shape index (κ1) is 10.7. The van der Waals surface area contributed by atoms with Gasteiger partial charge >= 0.3 is 0 Å².